The molecule has 1 amide bonds. The molecule has 0 aliphatic carbocycles. The summed E-state index contributed by atoms with van der Waals surface area (Å²) in [5, 5.41) is 22.1. The normalized spacial score (nSPS) is 23.5. The minimum atomic E-state index is -0.987. The van der Waals surface area contributed by atoms with Crippen molar-refractivity contribution in [3.8, 4) is 0 Å². The molecule has 1 aromatic rings. The average molecular weight is 293 g/mol. The number of likely N-dealkylation sites (tertiary alicyclic amines) is 1. The van der Waals surface area contributed by atoms with Gasteiger partial charge in [0.05, 0.1) is 31.0 Å². The lowest BCUT2D eigenvalue weighted by Crippen LogP contribution is -2.39. The fraction of sp³-hybridized carbons (Fsp3) is 0.600. The van der Waals surface area contributed by atoms with Crippen LogP contribution >= 0.6 is 0 Å². The molecule has 1 fully saturated rings. The second-order valence-corrected chi connectivity index (χ2v) is 5.61. The molecular weight excluding hydrogens is 270 g/mol. The molecular formula is C15H23N3O3. The molecule has 6 nitrogen and oxygen atoms in total. The fourth-order valence-corrected chi connectivity index (χ4v) is 2.50. The van der Waals surface area contributed by atoms with Gasteiger partial charge in [0, 0.05) is 12.7 Å². The Kier molecular flexibility index (Phi) is 5.67. The van der Waals surface area contributed by atoms with Gasteiger partial charge in [0.25, 0.3) is 0 Å². The number of aliphatic hydroxyl groups excluding tert-OH is 1. The van der Waals surface area contributed by atoms with Crippen molar-refractivity contribution in [1.29, 1.82) is 0 Å². The van der Waals surface area contributed by atoms with Crippen molar-refractivity contribution in [2.24, 2.45) is 0 Å². The van der Waals surface area contributed by atoms with Gasteiger partial charge >= 0.3 is 0 Å². The minimum absolute atomic E-state index is 0.0462. The lowest BCUT2D eigenvalue weighted by Gasteiger charge is -2.24. The van der Waals surface area contributed by atoms with Crippen LogP contribution in [0.1, 0.15) is 25.0 Å². The molecule has 1 aliphatic rings. The van der Waals surface area contributed by atoms with E-state index in [0.717, 1.165) is 18.7 Å². The van der Waals surface area contributed by atoms with Gasteiger partial charge in [-0.25, -0.2) is 0 Å². The summed E-state index contributed by atoms with van der Waals surface area (Å²) in [4.78, 5) is 18.1. The Morgan fingerprint density at radius 2 is 2.24 bits per heavy atom. The van der Waals surface area contributed by atoms with E-state index in [9.17, 15) is 15.0 Å². The van der Waals surface area contributed by atoms with Crippen LogP contribution in [0.15, 0.2) is 24.4 Å². The molecule has 0 radical (unpaired) electrons. The summed E-state index contributed by atoms with van der Waals surface area (Å²) in [5.74, 6) is -0.0462. The zero-order valence-electron chi connectivity index (χ0n) is 12.2. The van der Waals surface area contributed by atoms with Crippen LogP contribution in [-0.4, -0.2) is 57.8 Å². The Balaban J connectivity index is 1.75. The molecule has 0 unspecified atom stereocenters. The highest BCUT2D eigenvalue weighted by Gasteiger charge is 2.29. The van der Waals surface area contributed by atoms with Crippen molar-refractivity contribution in [1.82, 2.24) is 15.2 Å². The van der Waals surface area contributed by atoms with Gasteiger partial charge in [-0.3, -0.25) is 14.7 Å². The van der Waals surface area contributed by atoms with Crippen LogP contribution < -0.4 is 5.32 Å². The quantitative estimate of drug-likeness (QED) is 0.706. The van der Waals surface area contributed by atoms with Gasteiger partial charge in [-0.05, 0) is 37.9 Å². The molecule has 0 spiro atoms. The topological polar surface area (TPSA) is 85.7 Å². The van der Waals surface area contributed by atoms with Crippen LogP contribution in [0.3, 0.4) is 0 Å². The van der Waals surface area contributed by atoms with Crippen LogP contribution in [-0.2, 0) is 11.3 Å². The minimum Gasteiger partial charge on any atom is -0.393 e. The van der Waals surface area contributed by atoms with Crippen molar-refractivity contribution in [2.75, 3.05) is 26.2 Å². The van der Waals surface area contributed by atoms with E-state index in [1.54, 1.807) is 6.20 Å². The number of hydrogen-bond donors (Lipinski definition) is 3. The largest absolute Gasteiger partial charge is 0.393 e. The maximum Gasteiger partial charge on any atom is 0.234 e. The third kappa shape index (κ3) is 5.08. The molecule has 0 saturated carbocycles. The zero-order chi connectivity index (χ0) is 15.1. The van der Waals surface area contributed by atoms with Gasteiger partial charge in [-0.1, -0.05) is 6.07 Å². The molecule has 1 aliphatic heterocycles. The highest BCUT2D eigenvalue weighted by molar-refractivity contribution is 5.77. The second kappa shape index (κ2) is 7.49. The summed E-state index contributed by atoms with van der Waals surface area (Å²) in [7, 11) is 0. The van der Waals surface area contributed by atoms with Crippen molar-refractivity contribution in [2.45, 2.75) is 31.4 Å². The van der Waals surface area contributed by atoms with Crippen molar-refractivity contribution < 1.29 is 15.0 Å². The monoisotopic (exact) mass is 293 g/mol. The lowest BCUT2D eigenvalue weighted by atomic mass is 9.96. The summed E-state index contributed by atoms with van der Waals surface area (Å²) < 4.78 is 0. The first-order valence-corrected chi connectivity index (χ1v) is 7.33. The lowest BCUT2D eigenvalue weighted by molar-refractivity contribution is -0.122. The smallest absolute Gasteiger partial charge is 0.234 e. The maximum absolute atomic E-state index is 11.9. The molecule has 0 bridgehead atoms. The molecule has 1 aromatic heterocycles. The predicted molar refractivity (Wildman–Crippen MR) is 78.4 cm³/mol. The molecule has 21 heavy (non-hydrogen) atoms. The third-order valence-corrected chi connectivity index (χ3v) is 3.86. The third-order valence-electron chi connectivity index (χ3n) is 3.86. The Bertz CT molecular complexity index is 455. The highest BCUT2D eigenvalue weighted by Crippen LogP contribution is 2.21. The SMILES string of the molecule is O=C(CN1CCC[C@@](O)(CO)CC1)NCc1ccccn1. The van der Waals surface area contributed by atoms with Crippen molar-refractivity contribution in [3.05, 3.63) is 30.1 Å². The molecule has 3 N–H and O–H groups in total. The van der Waals surface area contributed by atoms with E-state index in [1.165, 1.54) is 0 Å². The average Bonchev–Trinajstić information content (AvgIpc) is 2.69. The number of aliphatic hydroxyl groups is 2. The summed E-state index contributed by atoms with van der Waals surface area (Å²) in [6.07, 6.45) is 3.56. The molecule has 0 aromatic carbocycles. The summed E-state index contributed by atoms with van der Waals surface area (Å²) in [5.41, 5.74) is -0.157. The van der Waals surface area contributed by atoms with Gasteiger partial charge < -0.3 is 15.5 Å². The number of nitrogens with zero attached hydrogens (tertiary/aromatic N) is 2. The van der Waals surface area contributed by atoms with Crippen molar-refractivity contribution >= 4 is 5.91 Å². The number of nitrogens with one attached hydrogen (secondary N) is 1. The molecule has 6 heteroatoms. The Morgan fingerprint density at radius 3 is 2.95 bits per heavy atom. The number of hydrogen-bond acceptors (Lipinski definition) is 5. The summed E-state index contributed by atoms with van der Waals surface area (Å²) in [6, 6.07) is 5.59. The number of aromatic nitrogens is 1. The summed E-state index contributed by atoms with van der Waals surface area (Å²) in [6.45, 7) is 1.91. The molecule has 1 atom stereocenters. The second-order valence-electron chi connectivity index (χ2n) is 5.61. The van der Waals surface area contributed by atoms with Crippen LogP contribution in [0.2, 0.25) is 0 Å². The predicted octanol–water partition coefficient (Wildman–Crippen LogP) is -0.0929. The number of pyridine rings is 1. The summed E-state index contributed by atoms with van der Waals surface area (Å²) >= 11 is 0. The van der Waals surface area contributed by atoms with Crippen LogP contribution in [0.25, 0.3) is 0 Å². The number of amides is 1. The van der Waals surface area contributed by atoms with E-state index in [0.29, 0.717) is 32.5 Å². The number of carbonyl (C=O) groups is 1. The Hall–Kier alpha value is -1.50. The first-order chi connectivity index (χ1) is 10.1. The maximum atomic E-state index is 11.9. The fourth-order valence-electron chi connectivity index (χ4n) is 2.50. The van der Waals surface area contributed by atoms with Crippen molar-refractivity contribution in [3.63, 3.8) is 0 Å². The number of rotatable bonds is 5. The van der Waals surface area contributed by atoms with E-state index < -0.39 is 5.60 Å². The van der Waals surface area contributed by atoms with Gasteiger partial charge in [-0.15, -0.1) is 0 Å². The highest BCUT2D eigenvalue weighted by atomic mass is 16.3. The van der Waals surface area contributed by atoms with E-state index in [1.807, 2.05) is 23.1 Å². The number of carbonyl (C=O) groups excluding carboxylic acids is 1. The zero-order valence-corrected chi connectivity index (χ0v) is 12.2. The first kappa shape index (κ1) is 15.9. The van der Waals surface area contributed by atoms with E-state index in [-0.39, 0.29) is 12.5 Å². The molecule has 2 rings (SSSR count). The van der Waals surface area contributed by atoms with Gasteiger partial charge in [0.1, 0.15) is 0 Å². The van der Waals surface area contributed by atoms with E-state index in [2.05, 4.69) is 10.3 Å². The molecule has 2 heterocycles. The van der Waals surface area contributed by atoms with Crippen LogP contribution in [0.4, 0.5) is 0 Å². The Labute approximate surface area is 124 Å². The van der Waals surface area contributed by atoms with Gasteiger partial charge in [0.15, 0.2) is 0 Å². The van der Waals surface area contributed by atoms with Gasteiger partial charge in [0.2, 0.25) is 5.91 Å². The van der Waals surface area contributed by atoms with Gasteiger partial charge in [-0.2, -0.15) is 0 Å². The van der Waals surface area contributed by atoms with E-state index >= 15 is 0 Å². The molecule has 1 saturated heterocycles. The van der Waals surface area contributed by atoms with E-state index in [4.69, 9.17) is 0 Å². The van der Waals surface area contributed by atoms with Crippen LogP contribution in [0.5, 0.6) is 0 Å². The molecule has 116 valence electrons. The van der Waals surface area contributed by atoms with Crippen LogP contribution in [0, 0.1) is 0 Å². The standard InChI is InChI=1S/C15H23N3O3/c19-12-15(21)5-3-8-18(9-6-15)11-14(20)17-10-13-4-1-2-7-16-13/h1-2,4,7,19,21H,3,5-6,8-12H2,(H,17,20)/t15-/m0/s1. The first-order valence-electron chi connectivity index (χ1n) is 7.33. The Morgan fingerprint density at radius 1 is 1.38 bits per heavy atom.